The predicted molar refractivity (Wildman–Crippen MR) is 117 cm³/mol. The van der Waals surface area contributed by atoms with Gasteiger partial charge in [0.15, 0.2) is 11.5 Å². The summed E-state index contributed by atoms with van der Waals surface area (Å²) in [5.74, 6) is 1.55. The van der Waals surface area contributed by atoms with Crippen LogP contribution < -0.4 is 20.5 Å². The van der Waals surface area contributed by atoms with Crippen molar-refractivity contribution in [2.24, 2.45) is 0 Å². The smallest absolute Gasteiger partial charge is 0.404 e. The first-order chi connectivity index (χ1) is 15.4. The topological polar surface area (TPSA) is 116 Å². The van der Waals surface area contributed by atoms with Gasteiger partial charge in [0, 0.05) is 42.6 Å². The average Bonchev–Trinajstić information content (AvgIpc) is 3.48. The van der Waals surface area contributed by atoms with E-state index in [0.29, 0.717) is 45.8 Å². The molecule has 1 saturated heterocycles. The molecule has 2 aliphatic rings. The zero-order valence-electron chi connectivity index (χ0n) is 17.4. The Morgan fingerprint density at radius 2 is 1.91 bits per heavy atom. The van der Waals surface area contributed by atoms with Gasteiger partial charge in [-0.3, -0.25) is 4.68 Å². The number of H-pyrrole nitrogens is 1. The molecule has 0 aliphatic carbocycles. The van der Waals surface area contributed by atoms with Crippen LogP contribution in [0.3, 0.4) is 0 Å². The number of nitrogens with one attached hydrogen (secondary N) is 2. The minimum atomic E-state index is -2.18. The Morgan fingerprint density at radius 1 is 1.12 bits per heavy atom. The molecule has 0 amide bonds. The lowest BCUT2D eigenvalue weighted by molar-refractivity contribution is -0.173. The second kappa shape index (κ2) is 6.92. The third-order valence-electron chi connectivity index (χ3n) is 5.92. The molecule has 1 aromatic carbocycles. The maximum atomic E-state index is 14.0. The second-order valence-electron chi connectivity index (χ2n) is 8.29. The first-order valence-electron chi connectivity index (χ1n) is 10.6. The Labute approximate surface area is 182 Å². The van der Waals surface area contributed by atoms with Crippen molar-refractivity contribution in [3.8, 4) is 34.0 Å². The molecule has 6 rings (SSSR count). The van der Waals surface area contributed by atoms with Crippen molar-refractivity contribution in [2.75, 3.05) is 18.8 Å². The molecule has 1 fully saturated rings. The number of piperidine rings is 1. The van der Waals surface area contributed by atoms with Crippen molar-refractivity contribution in [2.45, 2.75) is 31.8 Å². The number of imidazole rings is 1. The van der Waals surface area contributed by atoms with E-state index in [2.05, 4.69) is 31.6 Å². The number of hydrogen-bond acceptors (Lipinski definition) is 7. The van der Waals surface area contributed by atoms with Gasteiger partial charge in [-0.1, -0.05) is 0 Å². The van der Waals surface area contributed by atoms with Gasteiger partial charge >= 0.3 is 6.04 Å². The summed E-state index contributed by atoms with van der Waals surface area (Å²) < 4.78 is 26.4. The molecule has 1 atom stereocenters. The summed E-state index contributed by atoms with van der Waals surface area (Å²) in [5, 5.41) is 7.95. The van der Waals surface area contributed by atoms with Crippen LogP contribution in [0.5, 0.6) is 11.5 Å². The van der Waals surface area contributed by atoms with Crippen LogP contribution in [-0.4, -0.2) is 43.9 Å². The third-order valence-corrected chi connectivity index (χ3v) is 5.92. The number of aromatic amines is 1. The molecule has 0 saturated carbocycles. The first-order valence-corrected chi connectivity index (χ1v) is 10.6. The molecule has 10 heteroatoms. The summed E-state index contributed by atoms with van der Waals surface area (Å²) in [4.78, 5) is 12.2. The van der Waals surface area contributed by atoms with Crippen LogP contribution in [0, 0.1) is 0 Å². The number of halogens is 1. The largest absolute Gasteiger partial charge is 0.423 e. The highest BCUT2D eigenvalue weighted by atomic mass is 19.2. The van der Waals surface area contributed by atoms with Gasteiger partial charge in [-0.15, -0.1) is 0 Å². The van der Waals surface area contributed by atoms with E-state index < -0.39 is 6.04 Å². The normalized spacial score (nSPS) is 17.8. The number of aromatic nitrogens is 5. The first kappa shape index (κ1) is 19.1. The number of pyridine rings is 1. The highest BCUT2D eigenvalue weighted by Crippen LogP contribution is 2.42. The fourth-order valence-electron chi connectivity index (χ4n) is 4.30. The lowest BCUT2D eigenvalue weighted by Crippen LogP contribution is -2.29. The quantitative estimate of drug-likeness (QED) is 0.452. The molecule has 2 aliphatic heterocycles. The molecule has 0 bridgehead atoms. The molecule has 5 heterocycles. The number of hydrogen-bond donors (Lipinski definition) is 3. The van der Waals surface area contributed by atoms with E-state index in [-0.39, 0.29) is 0 Å². The second-order valence-corrected chi connectivity index (χ2v) is 8.29. The van der Waals surface area contributed by atoms with Crippen molar-refractivity contribution in [1.29, 1.82) is 0 Å². The van der Waals surface area contributed by atoms with Crippen LogP contribution in [-0.2, 0) is 0 Å². The van der Waals surface area contributed by atoms with Gasteiger partial charge in [0.05, 0.1) is 28.8 Å². The lowest BCUT2D eigenvalue weighted by Gasteiger charge is -2.22. The zero-order valence-corrected chi connectivity index (χ0v) is 17.4. The van der Waals surface area contributed by atoms with Gasteiger partial charge in [-0.25, -0.2) is 9.97 Å². The highest BCUT2D eigenvalue weighted by molar-refractivity contribution is 5.86. The van der Waals surface area contributed by atoms with E-state index >= 15 is 0 Å². The van der Waals surface area contributed by atoms with Gasteiger partial charge in [0.1, 0.15) is 11.6 Å². The van der Waals surface area contributed by atoms with Crippen molar-refractivity contribution in [3.05, 3.63) is 36.8 Å². The summed E-state index contributed by atoms with van der Waals surface area (Å²) in [6.07, 6.45) is 7.77. The number of nitrogens with zero attached hydrogens (tertiary/aromatic N) is 4. The van der Waals surface area contributed by atoms with Gasteiger partial charge in [0.25, 0.3) is 0 Å². The summed E-state index contributed by atoms with van der Waals surface area (Å²) in [7, 11) is 0. The van der Waals surface area contributed by atoms with E-state index in [0.717, 1.165) is 37.1 Å². The van der Waals surface area contributed by atoms with Crippen LogP contribution in [0.1, 0.15) is 25.8 Å². The summed E-state index contributed by atoms with van der Waals surface area (Å²) in [5.41, 5.74) is 10.0. The van der Waals surface area contributed by atoms with Gasteiger partial charge in [-0.2, -0.15) is 9.49 Å². The maximum Gasteiger partial charge on any atom is 0.404 e. The number of alkyl halides is 1. The molecule has 0 spiro atoms. The molecule has 4 aromatic rings. The molecule has 4 N–H and O–H groups in total. The van der Waals surface area contributed by atoms with Crippen LogP contribution in [0.25, 0.3) is 33.5 Å². The number of fused-ring (bicyclic) bond motifs is 2. The van der Waals surface area contributed by atoms with Crippen molar-refractivity contribution >= 4 is 16.9 Å². The highest BCUT2D eigenvalue weighted by Gasteiger charge is 2.37. The summed E-state index contributed by atoms with van der Waals surface area (Å²) >= 11 is 0. The van der Waals surface area contributed by atoms with E-state index in [9.17, 15) is 4.39 Å². The van der Waals surface area contributed by atoms with E-state index in [1.54, 1.807) is 18.3 Å². The van der Waals surface area contributed by atoms with E-state index in [4.69, 9.17) is 15.2 Å². The molecule has 32 heavy (non-hydrogen) atoms. The predicted octanol–water partition coefficient (Wildman–Crippen LogP) is 3.41. The summed E-state index contributed by atoms with van der Waals surface area (Å²) in [6, 6.07) is 3.49. The van der Waals surface area contributed by atoms with Crippen molar-refractivity contribution in [3.63, 3.8) is 0 Å². The number of rotatable bonds is 3. The SMILES string of the molecule is CC1(F)Oc2cc3nc(-c4cc(-c5cnn(C6CCNCC6)c5)cnc4N)[nH]c3cc2O1. The van der Waals surface area contributed by atoms with Crippen LogP contribution >= 0.6 is 0 Å². The molecule has 3 aromatic heterocycles. The van der Waals surface area contributed by atoms with Gasteiger partial charge < -0.3 is 25.5 Å². The van der Waals surface area contributed by atoms with E-state index in [1.165, 1.54) is 6.92 Å². The minimum Gasteiger partial charge on any atom is -0.423 e. The Morgan fingerprint density at radius 3 is 2.72 bits per heavy atom. The van der Waals surface area contributed by atoms with Crippen LogP contribution in [0.4, 0.5) is 10.2 Å². The van der Waals surface area contributed by atoms with Gasteiger partial charge in [0.2, 0.25) is 0 Å². The maximum absolute atomic E-state index is 14.0. The molecular formula is C22H22FN7O2. The van der Waals surface area contributed by atoms with Crippen molar-refractivity contribution in [1.82, 2.24) is 30.0 Å². The Bertz CT molecular complexity index is 1280. The molecular weight excluding hydrogens is 413 g/mol. The summed E-state index contributed by atoms with van der Waals surface area (Å²) in [6.45, 7) is 3.22. The lowest BCUT2D eigenvalue weighted by atomic mass is 10.1. The van der Waals surface area contributed by atoms with Crippen molar-refractivity contribution < 1.29 is 13.9 Å². The molecule has 1 unspecified atom stereocenters. The minimum absolute atomic E-state index is 0.311. The third kappa shape index (κ3) is 3.23. The monoisotopic (exact) mass is 435 g/mol. The molecule has 0 radical (unpaired) electrons. The molecule has 9 nitrogen and oxygen atoms in total. The number of nitrogens with two attached hydrogens (primary N) is 1. The number of anilines is 1. The Kier molecular flexibility index (Phi) is 4.12. The van der Waals surface area contributed by atoms with Gasteiger partial charge in [-0.05, 0) is 32.0 Å². The molecule has 164 valence electrons. The average molecular weight is 435 g/mol. The fourth-order valence-corrected chi connectivity index (χ4v) is 4.30. The standard InChI is InChI=1S/C22H22FN7O2/c1-22(23)31-18-7-16-17(8-19(18)32-22)29-21(28-16)15-6-12(9-26-20(15)24)13-10-27-30(11-13)14-2-4-25-5-3-14/h6-11,14,25H,2-5H2,1H3,(H2,24,26)(H,28,29). The van der Waals surface area contributed by atoms with Crippen LogP contribution in [0.2, 0.25) is 0 Å². The number of benzene rings is 1. The zero-order chi connectivity index (χ0) is 21.9. The Hall–Kier alpha value is -3.66. The number of nitrogen functional groups attached to an aromatic ring is 1. The van der Waals surface area contributed by atoms with Crippen LogP contribution in [0.15, 0.2) is 36.8 Å². The Balaban J connectivity index is 1.34. The van der Waals surface area contributed by atoms with E-state index in [1.807, 2.05) is 16.9 Å². The number of ether oxygens (including phenoxy) is 2. The fraction of sp³-hybridized carbons (Fsp3) is 0.318.